The Morgan fingerprint density at radius 1 is 1.21 bits per heavy atom. The summed E-state index contributed by atoms with van der Waals surface area (Å²) in [5.41, 5.74) is 0.670. The van der Waals surface area contributed by atoms with Crippen molar-refractivity contribution < 1.29 is 4.79 Å². The Kier molecular flexibility index (Phi) is 6.91. The average Bonchev–Trinajstić information content (AvgIpc) is 2.39. The molecular weight excluding hydrogens is 390 g/mol. The van der Waals surface area contributed by atoms with Gasteiger partial charge < -0.3 is 5.32 Å². The van der Waals surface area contributed by atoms with Gasteiger partial charge in [0.2, 0.25) is 0 Å². The third-order valence-electron chi connectivity index (χ3n) is 3.42. The zero-order valence-corrected chi connectivity index (χ0v) is 15.4. The first kappa shape index (κ1) is 17.1. The molecule has 0 aliphatic heterocycles. The van der Waals surface area contributed by atoms with Gasteiger partial charge >= 0.3 is 0 Å². The summed E-state index contributed by atoms with van der Waals surface area (Å²) in [5, 5.41) is 3.05. The quantitative estimate of drug-likeness (QED) is 0.727. The Morgan fingerprint density at radius 2 is 1.74 bits per heavy atom. The fourth-order valence-electron chi connectivity index (χ4n) is 1.89. The van der Waals surface area contributed by atoms with Crippen molar-refractivity contribution in [3.63, 3.8) is 0 Å². The van der Waals surface area contributed by atoms with E-state index in [0.717, 1.165) is 21.8 Å². The molecule has 1 amide bonds. The lowest BCUT2D eigenvalue weighted by atomic mass is 10.0. The maximum Gasteiger partial charge on any atom is 0.251 e. The molecular formula is C14H19Br2NOS. The normalized spacial score (nSPS) is 11.4. The van der Waals surface area contributed by atoms with E-state index < -0.39 is 0 Å². The van der Waals surface area contributed by atoms with Gasteiger partial charge in [-0.15, -0.1) is 0 Å². The Bertz CT molecular complexity index is 419. The number of hydrogen-bond acceptors (Lipinski definition) is 2. The first-order chi connectivity index (χ1) is 8.96. The van der Waals surface area contributed by atoms with Gasteiger partial charge in [-0.3, -0.25) is 4.79 Å². The minimum absolute atomic E-state index is 0.0256. The van der Waals surface area contributed by atoms with Gasteiger partial charge in [-0.2, -0.15) is 11.8 Å². The smallest absolute Gasteiger partial charge is 0.251 e. The van der Waals surface area contributed by atoms with Crippen LogP contribution in [-0.2, 0) is 0 Å². The second-order valence-corrected chi connectivity index (χ2v) is 7.54. The molecule has 0 saturated carbocycles. The van der Waals surface area contributed by atoms with E-state index in [0.29, 0.717) is 12.1 Å². The molecule has 0 unspecified atom stereocenters. The van der Waals surface area contributed by atoms with Gasteiger partial charge in [-0.05, 0) is 37.3 Å². The van der Waals surface area contributed by atoms with Crippen LogP contribution in [0, 0.1) is 0 Å². The van der Waals surface area contributed by atoms with Crippen LogP contribution < -0.4 is 5.32 Å². The van der Waals surface area contributed by atoms with E-state index in [1.54, 1.807) is 0 Å². The number of thioether (sulfide) groups is 1. The molecule has 0 spiro atoms. The molecule has 1 N–H and O–H groups in total. The lowest BCUT2D eigenvalue weighted by molar-refractivity contribution is 0.0949. The molecule has 0 fully saturated rings. The van der Waals surface area contributed by atoms with Gasteiger partial charge in [0.25, 0.3) is 5.91 Å². The number of amides is 1. The van der Waals surface area contributed by atoms with E-state index in [-0.39, 0.29) is 10.7 Å². The van der Waals surface area contributed by atoms with Crippen molar-refractivity contribution in [2.45, 2.75) is 31.4 Å². The summed E-state index contributed by atoms with van der Waals surface area (Å²) in [6.07, 6.45) is 4.20. The van der Waals surface area contributed by atoms with Crippen LogP contribution in [0.1, 0.15) is 37.0 Å². The van der Waals surface area contributed by atoms with Crippen LogP contribution in [0.3, 0.4) is 0 Å². The SMILES string of the molecule is CCC(CC)(CNC(=O)c1cc(Br)cc(Br)c1)SC. The summed E-state index contributed by atoms with van der Waals surface area (Å²) in [6.45, 7) is 5.04. The standard InChI is InChI=1S/C14H19Br2NOS/c1-4-14(5-2,19-3)9-17-13(18)10-6-11(15)8-12(16)7-10/h6-8H,4-5,9H2,1-3H3,(H,17,18). The fraction of sp³-hybridized carbons (Fsp3) is 0.500. The molecule has 1 aromatic carbocycles. The molecule has 1 rings (SSSR count). The summed E-state index contributed by atoms with van der Waals surface area (Å²) in [4.78, 5) is 12.2. The van der Waals surface area contributed by atoms with E-state index >= 15 is 0 Å². The second-order valence-electron chi connectivity index (χ2n) is 4.44. The Morgan fingerprint density at radius 3 is 2.16 bits per heavy atom. The molecule has 0 bridgehead atoms. The van der Waals surface area contributed by atoms with Crippen molar-refractivity contribution in [3.05, 3.63) is 32.7 Å². The number of rotatable bonds is 6. The van der Waals surface area contributed by atoms with Crippen molar-refractivity contribution in [2.75, 3.05) is 12.8 Å². The molecule has 2 nitrogen and oxygen atoms in total. The zero-order chi connectivity index (χ0) is 14.5. The van der Waals surface area contributed by atoms with E-state index in [1.807, 2.05) is 30.0 Å². The third kappa shape index (κ3) is 4.80. The van der Waals surface area contributed by atoms with Crippen LogP contribution in [0.15, 0.2) is 27.1 Å². The molecule has 0 aliphatic rings. The average molecular weight is 409 g/mol. The van der Waals surface area contributed by atoms with Crippen molar-refractivity contribution in [2.24, 2.45) is 0 Å². The minimum atomic E-state index is -0.0256. The first-order valence-corrected chi connectivity index (χ1v) is 9.07. The van der Waals surface area contributed by atoms with Gasteiger partial charge in [0.05, 0.1) is 0 Å². The molecule has 0 radical (unpaired) electrons. The van der Waals surface area contributed by atoms with Crippen molar-refractivity contribution in [1.82, 2.24) is 5.32 Å². The Hall–Kier alpha value is -0.000000000000000111. The Balaban J connectivity index is 2.74. The number of benzene rings is 1. The molecule has 106 valence electrons. The van der Waals surface area contributed by atoms with Crippen LogP contribution in [0.2, 0.25) is 0 Å². The number of carbonyl (C=O) groups excluding carboxylic acids is 1. The van der Waals surface area contributed by atoms with Crippen molar-refractivity contribution in [3.8, 4) is 0 Å². The van der Waals surface area contributed by atoms with Crippen LogP contribution in [0.25, 0.3) is 0 Å². The maximum absolute atomic E-state index is 12.2. The van der Waals surface area contributed by atoms with Gasteiger partial charge in [-0.25, -0.2) is 0 Å². The van der Waals surface area contributed by atoms with Crippen LogP contribution in [0.4, 0.5) is 0 Å². The molecule has 0 aromatic heterocycles. The molecule has 19 heavy (non-hydrogen) atoms. The largest absolute Gasteiger partial charge is 0.351 e. The second kappa shape index (κ2) is 7.70. The van der Waals surface area contributed by atoms with E-state index in [9.17, 15) is 4.79 Å². The van der Waals surface area contributed by atoms with Crippen LogP contribution >= 0.6 is 43.6 Å². The lowest BCUT2D eigenvalue weighted by Crippen LogP contribution is -2.39. The van der Waals surface area contributed by atoms with Crippen LogP contribution in [-0.4, -0.2) is 23.5 Å². The summed E-state index contributed by atoms with van der Waals surface area (Å²) >= 11 is 8.63. The molecule has 0 saturated heterocycles. The predicted octanol–water partition coefficient (Wildman–Crippen LogP) is 4.86. The predicted molar refractivity (Wildman–Crippen MR) is 91.0 cm³/mol. The lowest BCUT2D eigenvalue weighted by Gasteiger charge is -2.29. The maximum atomic E-state index is 12.2. The summed E-state index contributed by atoms with van der Waals surface area (Å²) in [5.74, 6) is -0.0256. The molecule has 5 heteroatoms. The van der Waals surface area contributed by atoms with Gasteiger partial charge in [0.1, 0.15) is 0 Å². The highest BCUT2D eigenvalue weighted by molar-refractivity contribution is 9.11. The molecule has 1 aromatic rings. The highest BCUT2D eigenvalue weighted by atomic mass is 79.9. The topological polar surface area (TPSA) is 29.1 Å². The van der Waals surface area contributed by atoms with Gasteiger partial charge in [0, 0.05) is 25.8 Å². The number of hydrogen-bond donors (Lipinski definition) is 1. The number of carbonyl (C=O) groups is 1. The van der Waals surface area contributed by atoms with Crippen molar-refractivity contribution >= 4 is 49.5 Å². The zero-order valence-electron chi connectivity index (χ0n) is 11.4. The molecule has 0 atom stereocenters. The summed E-state index contributed by atoms with van der Waals surface area (Å²) < 4.78 is 1.93. The monoisotopic (exact) mass is 407 g/mol. The van der Waals surface area contributed by atoms with E-state index in [2.05, 4.69) is 57.3 Å². The molecule has 0 aliphatic carbocycles. The minimum Gasteiger partial charge on any atom is -0.351 e. The highest BCUT2D eigenvalue weighted by Gasteiger charge is 2.25. The van der Waals surface area contributed by atoms with Gasteiger partial charge in [0.15, 0.2) is 0 Å². The Labute approximate surface area is 136 Å². The fourth-order valence-corrected chi connectivity index (χ4v) is 3.98. The van der Waals surface area contributed by atoms with Crippen LogP contribution in [0.5, 0.6) is 0 Å². The summed E-state index contributed by atoms with van der Waals surface area (Å²) in [6, 6.07) is 5.58. The summed E-state index contributed by atoms with van der Waals surface area (Å²) in [7, 11) is 0. The van der Waals surface area contributed by atoms with E-state index in [1.165, 1.54) is 0 Å². The number of nitrogens with one attached hydrogen (secondary N) is 1. The molecule has 0 heterocycles. The first-order valence-electron chi connectivity index (χ1n) is 6.25. The van der Waals surface area contributed by atoms with Crippen molar-refractivity contribution in [1.29, 1.82) is 0 Å². The van der Waals surface area contributed by atoms with E-state index in [4.69, 9.17) is 0 Å². The van der Waals surface area contributed by atoms with Gasteiger partial charge in [-0.1, -0.05) is 45.7 Å². The highest BCUT2D eigenvalue weighted by Crippen LogP contribution is 2.29. The third-order valence-corrected chi connectivity index (χ3v) is 5.92. The number of halogens is 2.